The monoisotopic (exact) mass is 482 g/mol. The van der Waals surface area contributed by atoms with Crippen molar-refractivity contribution in [1.29, 1.82) is 0 Å². The quantitative estimate of drug-likeness (QED) is 0.180. The Kier molecular flexibility index (Phi) is 11.7. The molecule has 0 radical (unpaired) electrons. The zero-order valence-electron chi connectivity index (χ0n) is 20.4. The molecule has 12 heteroatoms. The number of aromatic amines is 1. The highest BCUT2D eigenvalue weighted by molar-refractivity contribution is 5.94. The third kappa shape index (κ3) is 8.41. The van der Waals surface area contributed by atoms with E-state index >= 15 is 0 Å². The van der Waals surface area contributed by atoms with E-state index in [0.717, 1.165) is 0 Å². The summed E-state index contributed by atoms with van der Waals surface area (Å²) in [7, 11) is 0. The van der Waals surface area contributed by atoms with Crippen molar-refractivity contribution in [2.45, 2.75) is 84.2 Å². The minimum atomic E-state index is -1.37. The number of aliphatic carboxylic acids is 1. The number of aliphatic hydroxyl groups excluding tert-OH is 1. The average Bonchev–Trinajstić information content (AvgIpc) is 3.31. The van der Waals surface area contributed by atoms with Gasteiger partial charge in [-0.3, -0.25) is 14.4 Å². The molecule has 7 unspecified atom stereocenters. The number of nitrogens with two attached hydrogens (primary N) is 1. The number of carboxylic acids is 1. The molecule has 7 atom stereocenters. The minimum Gasteiger partial charge on any atom is -0.480 e. The molecule has 1 aromatic heterocycles. The Hall–Kier alpha value is -2.99. The molecular weight excluding hydrogens is 444 g/mol. The van der Waals surface area contributed by atoms with E-state index in [2.05, 4.69) is 25.9 Å². The summed E-state index contributed by atoms with van der Waals surface area (Å²) in [6.07, 6.45) is 2.73. The second kappa shape index (κ2) is 13.7. The van der Waals surface area contributed by atoms with E-state index in [1.165, 1.54) is 19.4 Å². The summed E-state index contributed by atoms with van der Waals surface area (Å²) in [5.41, 5.74) is 6.45. The molecule has 34 heavy (non-hydrogen) atoms. The van der Waals surface area contributed by atoms with Gasteiger partial charge in [-0.1, -0.05) is 40.5 Å². The molecule has 0 aromatic carbocycles. The Morgan fingerprint density at radius 3 is 2.03 bits per heavy atom. The molecule has 1 rings (SSSR count). The molecule has 0 fully saturated rings. The van der Waals surface area contributed by atoms with Crippen LogP contribution in [0.2, 0.25) is 0 Å². The van der Waals surface area contributed by atoms with Crippen LogP contribution < -0.4 is 21.7 Å². The fourth-order valence-electron chi connectivity index (χ4n) is 3.19. The number of nitrogens with one attached hydrogen (secondary N) is 4. The lowest BCUT2D eigenvalue weighted by molar-refractivity contribution is -0.144. The highest BCUT2D eigenvalue weighted by Gasteiger charge is 2.34. The maximum atomic E-state index is 13.0. The van der Waals surface area contributed by atoms with Crippen molar-refractivity contribution >= 4 is 23.7 Å². The smallest absolute Gasteiger partial charge is 0.326 e. The second-order valence-electron chi connectivity index (χ2n) is 8.69. The zero-order chi connectivity index (χ0) is 26.0. The lowest BCUT2D eigenvalue weighted by Crippen LogP contribution is -2.61. The zero-order valence-corrected chi connectivity index (χ0v) is 20.4. The number of amides is 3. The molecule has 0 aliphatic heterocycles. The van der Waals surface area contributed by atoms with E-state index in [4.69, 9.17) is 5.73 Å². The van der Waals surface area contributed by atoms with Crippen LogP contribution in [0.4, 0.5) is 0 Å². The van der Waals surface area contributed by atoms with Gasteiger partial charge in [-0.15, -0.1) is 0 Å². The van der Waals surface area contributed by atoms with Crippen LogP contribution in [0.25, 0.3) is 0 Å². The molecule has 0 saturated heterocycles. The fraction of sp³-hybridized carbons (Fsp3) is 0.682. The third-order valence-electron chi connectivity index (χ3n) is 6.01. The normalized spacial score (nSPS) is 17.4. The van der Waals surface area contributed by atoms with Gasteiger partial charge in [0.1, 0.15) is 18.1 Å². The fourth-order valence-corrected chi connectivity index (χ4v) is 3.19. The largest absolute Gasteiger partial charge is 0.480 e. The first-order valence-electron chi connectivity index (χ1n) is 11.5. The van der Waals surface area contributed by atoms with Crippen LogP contribution >= 0.6 is 0 Å². The van der Waals surface area contributed by atoms with E-state index in [-0.39, 0.29) is 18.3 Å². The summed E-state index contributed by atoms with van der Waals surface area (Å²) in [6.45, 7) is 8.49. The van der Waals surface area contributed by atoms with Gasteiger partial charge in [0, 0.05) is 18.3 Å². The van der Waals surface area contributed by atoms with Gasteiger partial charge < -0.3 is 36.9 Å². The Morgan fingerprint density at radius 1 is 0.971 bits per heavy atom. The predicted molar refractivity (Wildman–Crippen MR) is 124 cm³/mol. The van der Waals surface area contributed by atoms with Crippen LogP contribution in [0.3, 0.4) is 0 Å². The number of carbonyl (C=O) groups is 4. The van der Waals surface area contributed by atoms with E-state index < -0.39 is 54.0 Å². The molecular formula is C22H38N6O6. The first kappa shape index (κ1) is 29.0. The van der Waals surface area contributed by atoms with Crippen molar-refractivity contribution in [3.63, 3.8) is 0 Å². The first-order chi connectivity index (χ1) is 15.9. The SMILES string of the molecule is CCC(C)C(N)C(=O)NC(C(=O)NC(Cc1cnc[nH]1)C(=O)NC(C(=O)O)C(C)CC)C(C)O. The van der Waals surface area contributed by atoms with Crippen LogP contribution in [0.15, 0.2) is 12.5 Å². The number of aromatic nitrogens is 2. The number of rotatable bonds is 14. The highest BCUT2D eigenvalue weighted by Crippen LogP contribution is 2.10. The molecule has 1 aromatic rings. The van der Waals surface area contributed by atoms with E-state index in [1.54, 1.807) is 20.8 Å². The summed E-state index contributed by atoms with van der Waals surface area (Å²) in [6, 6.07) is -4.60. The summed E-state index contributed by atoms with van der Waals surface area (Å²) >= 11 is 0. The summed E-state index contributed by atoms with van der Waals surface area (Å²) in [4.78, 5) is 56.8. The van der Waals surface area contributed by atoms with Gasteiger partial charge in [-0.2, -0.15) is 0 Å². The van der Waals surface area contributed by atoms with Crippen LogP contribution in [0.5, 0.6) is 0 Å². The molecule has 0 saturated carbocycles. The molecule has 0 spiro atoms. The maximum Gasteiger partial charge on any atom is 0.326 e. The lowest BCUT2D eigenvalue weighted by Gasteiger charge is -2.28. The molecule has 1 heterocycles. The molecule has 0 bridgehead atoms. The number of hydrogen-bond donors (Lipinski definition) is 7. The Bertz CT molecular complexity index is 815. The van der Waals surface area contributed by atoms with Gasteiger partial charge in [0.05, 0.1) is 18.5 Å². The Morgan fingerprint density at radius 2 is 1.56 bits per heavy atom. The molecule has 0 aliphatic carbocycles. The minimum absolute atomic E-state index is 0.0166. The summed E-state index contributed by atoms with van der Waals surface area (Å²) in [5.74, 6) is -3.82. The first-order valence-corrected chi connectivity index (χ1v) is 11.5. The molecule has 8 N–H and O–H groups in total. The Balaban J connectivity index is 3.07. The molecule has 3 amide bonds. The van der Waals surface area contributed by atoms with Crippen molar-refractivity contribution in [2.75, 3.05) is 0 Å². The van der Waals surface area contributed by atoms with Gasteiger partial charge in [0.2, 0.25) is 17.7 Å². The number of carbonyl (C=O) groups excluding carboxylic acids is 3. The number of aliphatic hydroxyl groups is 1. The number of nitrogens with zero attached hydrogens (tertiary/aromatic N) is 1. The van der Waals surface area contributed by atoms with E-state index in [9.17, 15) is 29.4 Å². The maximum absolute atomic E-state index is 13.0. The summed E-state index contributed by atoms with van der Waals surface area (Å²) < 4.78 is 0. The number of hydrogen-bond acceptors (Lipinski definition) is 7. The second-order valence-corrected chi connectivity index (χ2v) is 8.69. The van der Waals surface area contributed by atoms with Crippen molar-refractivity contribution < 1.29 is 29.4 Å². The molecule has 192 valence electrons. The number of carboxylic acid groups (broad SMARTS) is 1. The van der Waals surface area contributed by atoms with E-state index in [0.29, 0.717) is 18.5 Å². The summed E-state index contributed by atoms with van der Waals surface area (Å²) in [5, 5.41) is 27.1. The van der Waals surface area contributed by atoms with Crippen molar-refractivity contribution in [3.05, 3.63) is 18.2 Å². The number of imidazole rings is 1. The van der Waals surface area contributed by atoms with Crippen LogP contribution in [-0.4, -0.2) is 74.1 Å². The van der Waals surface area contributed by atoms with Gasteiger partial charge in [0.15, 0.2) is 0 Å². The van der Waals surface area contributed by atoms with Crippen molar-refractivity contribution in [1.82, 2.24) is 25.9 Å². The average molecular weight is 483 g/mol. The standard InChI is InChI=1S/C22H38N6O6/c1-6-11(3)16(23)20(31)28-18(13(5)29)21(32)26-15(8-14-9-24-10-25-14)19(30)27-17(22(33)34)12(4)7-2/h9-13,15-18,29H,6-8,23H2,1-5H3,(H,24,25)(H,26,32)(H,27,30)(H,28,31)(H,33,34). The van der Waals surface area contributed by atoms with Gasteiger partial charge in [-0.25, -0.2) is 9.78 Å². The van der Waals surface area contributed by atoms with Gasteiger partial charge in [-0.05, 0) is 18.8 Å². The van der Waals surface area contributed by atoms with E-state index in [1.807, 2.05) is 6.92 Å². The van der Waals surface area contributed by atoms with Crippen LogP contribution in [-0.2, 0) is 25.6 Å². The third-order valence-corrected chi connectivity index (χ3v) is 6.01. The van der Waals surface area contributed by atoms with Crippen LogP contribution in [0.1, 0.15) is 53.2 Å². The highest BCUT2D eigenvalue weighted by atomic mass is 16.4. The van der Waals surface area contributed by atoms with Gasteiger partial charge in [0.25, 0.3) is 0 Å². The van der Waals surface area contributed by atoms with Crippen molar-refractivity contribution in [2.24, 2.45) is 17.6 Å². The van der Waals surface area contributed by atoms with Gasteiger partial charge >= 0.3 is 5.97 Å². The topological polar surface area (TPSA) is 200 Å². The Labute approximate surface area is 199 Å². The van der Waals surface area contributed by atoms with Crippen LogP contribution in [0, 0.1) is 11.8 Å². The lowest BCUT2D eigenvalue weighted by atomic mass is 9.98. The predicted octanol–water partition coefficient (Wildman–Crippen LogP) is -0.708. The number of H-pyrrole nitrogens is 1. The molecule has 12 nitrogen and oxygen atoms in total. The van der Waals surface area contributed by atoms with Crippen molar-refractivity contribution in [3.8, 4) is 0 Å². The molecule has 0 aliphatic rings.